The minimum Gasteiger partial charge on any atom is -0.386 e. The van der Waals surface area contributed by atoms with Crippen LogP contribution < -0.4 is 5.32 Å². The van der Waals surface area contributed by atoms with Crippen LogP contribution in [0.2, 0.25) is 0 Å². The molecule has 0 spiro atoms. The van der Waals surface area contributed by atoms with Gasteiger partial charge < -0.3 is 20.3 Å². The quantitative estimate of drug-likeness (QED) is 0.526. The summed E-state index contributed by atoms with van der Waals surface area (Å²) in [7, 11) is 0. The monoisotopic (exact) mass is 443 g/mol. The van der Waals surface area contributed by atoms with Crippen molar-refractivity contribution >= 4 is 28.7 Å². The molecule has 1 fully saturated rings. The number of fused-ring (bicyclic) bond motifs is 1. The molecule has 0 bridgehead atoms. The van der Waals surface area contributed by atoms with Crippen molar-refractivity contribution in [1.82, 2.24) is 14.9 Å². The normalized spacial score (nSPS) is 15.2. The fourth-order valence-corrected chi connectivity index (χ4v) is 3.54. The Morgan fingerprint density at radius 3 is 2.59 bits per heavy atom. The van der Waals surface area contributed by atoms with Gasteiger partial charge in [0.1, 0.15) is 11.5 Å². The van der Waals surface area contributed by atoms with Crippen LogP contribution in [0.3, 0.4) is 0 Å². The molecule has 2 aromatic heterocycles. The van der Waals surface area contributed by atoms with Crippen molar-refractivity contribution in [3.05, 3.63) is 47.5 Å². The van der Waals surface area contributed by atoms with Crippen LogP contribution >= 0.6 is 0 Å². The first-order valence-electron chi connectivity index (χ1n) is 9.41. The van der Waals surface area contributed by atoms with Crippen molar-refractivity contribution in [3.63, 3.8) is 0 Å². The lowest BCUT2D eigenvalue weighted by Gasteiger charge is -2.43. The molecule has 1 aliphatic rings. The number of carbonyl (C=O) groups excluding carboxylic acids is 2. The molecule has 3 aromatic rings. The van der Waals surface area contributed by atoms with Crippen LogP contribution in [0.4, 0.5) is 19.0 Å². The third-order valence-electron chi connectivity index (χ3n) is 5.01. The molecule has 4 rings (SSSR count). The standard InChI is InChI=1S/C21H16F3N5O3/c1-20(32)9-29(10-20)19(31)18(30)28-16-5-3-12-7-15(26-17(12)27-16)13-6-11(8-25)2-4-14(13)21(22,23)24/h2-7,32H,9-10H2,1H3,(H2,26,27,28,30). The number of hydrogen-bond donors (Lipinski definition) is 3. The van der Waals surface area contributed by atoms with Crippen molar-refractivity contribution in [2.45, 2.75) is 18.7 Å². The minimum absolute atomic E-state index is 0.0263. The number of hydrogen-bond acceptors (Lipinski definition) is 5. The van der Waals surface area contributed by atoms with Crippen LogP contribution in [-0.2, 0) is 15.8 Å². The van der Waals surface area contributed by atoms with Gasteiger partial charge in [-0.3, -0.25) is 9.59 Å². The van der Waals surface area contributed by atoms with E-state index in [2.05, 4.69) is 15.3 Å². The number of benzene rings is 1. The maximum absolute atomic E-state index is 13.4. The van der Waals surface area contributed by atoms with E-state index in [9.17, 15) is 27.9 Å². The topological polar surface area (TPSA) is 122 Å². The maximum atomic E-state index is 13.4. The molecule has 1 saturated heterocycles. The van der Waals surface area contributed by atoms with Gasteiger partial charge in [-0.2, -0.15) is 18.4 Å². The number of nitrogens with zero attached hydrogens (tertiary/aromatic N) is 3. The highest BCUT2D eigenvalue weighted by Crippen LogP contribution is 2.38. The Morgan fingerprint density at radius 1 is 1.25 bits per heavy atom. The van der Waals surface area contributed by atoms with Gasteiger partial charge in [0.2, 0.25) is 0 Å². The minimum atomic E-state index is -4.63. The third-order valence-corrected chi connectivity index (χ3v) is 5.01. The number of aromatic nitrogens is 2. The van der Waals surface area contributed by atoms with Gasteiger partial charge in [-0.25, -0.2) is 4.98 Å². The molecule has 11 heteroatoms. The van der Waals surface area contributed by atoms with Crippen molar-refractivity contribution in [2.24, 2.45) is 0 Å². The molecule has 164 valence electrons. The molecule has 3 heterocycles. The number of aromatic amines is 1. The average molecular weight is 443 g/mol. The Labute approximate surface area is 179 Å². The molecular weight excluding hydrogens is 427 g/mol. The summed E-state index contributed by atoms with van der Waals surface area (Å²) >= 11 is 0. The van der Waals surface area contributed by atoms with Crippen LogP contribution in [0.5, 0.6) is 0 Å². The van der Waals surface area contributed by atoms with E-state index in [-0.39, 0.29) is 41.4 Å². The predicted octanol–water partition coefficient (Wildman–Crippen LogP) is 2.65. The summed E-state index contributed by atoms with van der Waals surface area (Å²) in [5, 5.41) is 21.6. The number of aliphatic hydroxyl groups is 1. The number of nitriles is 1. The van der Waals surface area contributed by atoms with E-state index in [1.54, 1.807) is 6.92 Å². The van der Waals surface area contributed by atoms with Gasteiger partial charge in [0.25, 0.3) is 0 Å². The van der Waals surface area contributed by atoms with Crippen LogP contribution in [0, 0.1) is 11.3 Å². The smallest absolute Gasteiger partial charge is 0.386 e. The van der Waals surface area contributed by atoms with Gasteiger partial charge in [0.05, 0.1) is 35.9 Å². The number of halogens is 3. The van der Waals surface area contributed by atoms with E-state index < -0.39 is 29.2 Å². The summed E-state index contributed by atoms with van der Waals surface area (Å²) < 4.78 is 40.3. The Balaban J connectivity index is 1.61. The maximum Gasteiger partial charge on any atom is 0.417 e. The molecule has 1 aliphatic heterocycles. The second-order valence-electron chi connectivity index (χ2n) is 7.80. The van der Waals surface area contributed by atoms with Gasteiger partial charge in [-0.05, 0) is 43.3 Å². The number of anilines is 1. The van der Waals surface area contributed by atoms with E-state index in [1.165, 1.54) is 23.1 Å². The number of amides is 2. The SMILES string of the molecule is CC1(O)CN(C(=O)C(=O)Nc2ccc3cc(-c4cc(C#N)ccc4C(F)(F)F)[nH]c3n2)C1. The van der Waals surface area contributed by atoms with Gasteiger partial charge in [0, 0.05) is 16.6 Å². The highest BCUT2D eigenvalue weighted by Gasteiger charge is 2.41. The molecule has 0 aliphatic carbocycles. The summed E-state index contributed by atoms with van der Waals surface area (Å²) in [6.07, 6.45) is -4.63. The van der Waals surface area contributed by atoms with E-state index in [0.29, 0.717) is 5.39 Å². The van der Waals surface area contributed by atoms with Gasteiger partial charge >= 0.3 is 18.0 Å². The summed E-state index contributed by atoms with van der Waals surface area (Å²) in [5.41, 5.74) is -1.79. The number of β-amino-alcohol motifs (C(OH)–C–C–N with tert-alkyl or cyclic N) is 1. The molecule has 0 unspecified atom stereocenters. The molecule has 3 N–H and O–H groups in total. The summed E-state index contributed by atoms with van der Waals surface area (Å²) in [6, 6.07) is 9.28. The van der Waals surface area contributed by atoms with Crippen LogP contribution in [0.25, 0.3) is 22.3 Å². The van der Waals surface area contributed by atoms with Crippen molar-refractivity contribution in [2.75, 3.05) is 18.4 Å². The Kier molecular flexibility index (Phi) is 4.90. The van der Waals surface area contributed by atoms with Crippen molar-refractivity contribution in [1.29, 1.82) is 5.26 Å². The molecule has 8 nitrogen and oxygen atoms in total. The van der Waals surface area contributed by atoms with Crippen LogP contribution in [-0.4, -0.2) is 50.5 Å². The number of alkyl halides is 3. The Bertz CT molecular complexity index is 1280. The summed E-state index contributed by atoms with van der Waals surface area (Å²) in [6.45, 7) is 1.62. The Hall–Kier alpha value is -3.91. The van der Waals surface area contributed by atoms with Gasteiger partial charge in [-0.15, -0.1) is 0 Å². The zero-order chi connectivity index (χ0) is 23.3. The fraction of sp³-hybridized carbons (Fsp3) is 0.238. The highest BCUT2D eigenvalue weighted by atomic mass is 19.4. The lowest BCUT2D eigenvalue weighted by molar-refractivity contribution is -0.158. The molecule has 2 amide bonds. The second-order valence-corrected chi connectivity index (χ2v) is 7.80. The lowest BCUT2D eigenvalue weighted by Crippen LogP contribution is -2.63. The number of H-pyrrole nitrogens is 1. The first kappa shape index (κ1) is 21.3. The molecule has 0 saturated carbocycles. The second kappa shape index (κ2) is 7.35. The van der Waals surface area contributed by atoms with Crippen molar-refractivity contribution < 1.29 is 27.9 Å². The first-order chi connectivity index (χ1) is 15.0. The average Bonchev–Trinajstić information content (AvgIpc) is 3.13. The molecule has 0 radical (unpaired) electrons. The molecule has 0 atom stereocenters. The van der Waals surface area contributed by atoms with Gasteiger partial charge in [-0.1, -0.05) is 0 Å². The molecular formula is C21H16F3N5O3. The van der Waals surface area contributed by atoms with Crippen molar-refractivity contribution in [3.8, 4) is 17.3 Å². The van der Waals surface area contributed by atoms with Crippen LogP contribution in [0.15, 0.2) is 36.4 Å². The fourth-order valence-electron chi connectivity index (χ4n) is 3.54. The number of nitrogens with one attached hydrogen (secondary N) is 2. The van der Waals surface area contributed by atoms with Crippen LogP contribution in [0.1, 0.15) is 18.1 Å². The van der Waals surface area contributed by atoms with E-state index in [1.807, 2.05) is 6.07 Å². The molecule has 1 aromatic carbocycles. The summed E-state index contributed by atoms with van der Waals surface area (Å²) in [4.78, 5) is 32.4. The van der Waals surface area contributed by atoms with E-state index in [0.717, 1.165) is 18.2 Å². The number of rotatable bonds is 2. The lowest BCUT2D eigenvalue weighted by atomic mass is 9.97. The number of likely N-dealkylation sites (tertiary alicyclic amines) is 1. The van der Waals surface area contributed by atoms with E-state index in [4.69, 9.17) is 5.26 Å². The van der Waals surface area contributed by atoms with Gasteiger partial charge in [0.15, 0.2) is 0 Å². The van der Waals surface area contributed by atoms with E-state index >= 15 is 0 Å². The predicted molar refractivity (Wildman–Crippen MR) is 107 cm³/mol. The molecule has 32 heavy (non-hydrogen) atoms. The number of pyridine rings is 1. The largest absolute Gasteiger partial charge is 0.417 e. The third kappa shape index (κ3) is 4.00. The highest BCUT2D eigenvalue weighted by molar-refractivity contribution is 6.39. The zero-order valence-corrected chi connectivity index (χ0v) is 16.6. The Morgan fingerprint density at radius 2 is 1.97 bits per heavy atom. The summed E-state index contributed by atoms with van der Waals surface area (Å²) in [5.74, 6) is -1.74. The number of carbonyl (C=O) groups is 2. The zero-order valence-electron chi connectivity index (χ0n) is 16.6. The first-order valence-corrected chi connectivity index (χ1v) is 9.41.